The lowest BCUT2D eigenvalue weighted by atomic mass is 10.3. The van der Waals surface area contributed by atoms with Crippen LogP contribution in [0.3, 0.4) is 0 Å². The number of nitrogens with zero attached hydrogens (tertiary/aromatic N) is 5. The minimum absolute atomic E-state index is 0.101. The second-order valence-corrected chi connectivity index (χ2v) is 6.64. The highest BCUT2D eigenvalue weighted by atomic mass is 16.3. The van der Waals surface area contributed by atoms with Crippen LogP contribution < -0.4 is 5.32 Å². The van der Waals surface area contributed by atoms with E-state index in [4.69, 9.17) is 4.42 Å². The van der Waals surface area contributed by atoms with Gasteiger partial charge in [-0.25, -0.2) is 4.79 Å². The number of hydrogen-bond donors (Lipinski definition) is 1. The van der Waals surface area contributed by atoms with Gasteiger partial charge < -0.3 is 19.5 Å². The van der Waals surface area contributed by atoms with Crippen LogP contribution in [0, 0.1) is 0 Å². The zero-order valence-corrected chi connectivity index (χ0v) is 15.5. The molecule has 1 aliphatic rings. The number of hydrogen-bond acceptors (Lipinski definition) is 5. The van der Waals surface area contributed by atoms with Crippen LogP contribution in [0.15, 0.2) is 47.2 Å². The summed E-state index contributed by atoms with van der Waals surface area (Å²) in [4.78, 5) is 28.0. The maximum absolute atomic E-state index is 12.3. The molecule has 0 aliphatic carbocycles. The van der Waals surface area contributed by atoms with E-state index in [9.17, 15) is 9.59 Å². The van der Waals surface area contributed by atoms with Gasteiger partial charge in [0.15, 0.2) is 11.4 Å². The lowest BCUT2D eigenvalue weighted by Gasteiger charge is -2.34. The predicted molar refractivity (Wildman–Crippen MR) is 101 cm³/mol. The van der Waals surface area contributed by atoms with Gasteiger partial charge in [-0.1, -0.05) is 6.07 Å². The monoisotopic (exact) mass is 382 g/mol. The number of carbonyl (C=O) groups excluding carboxylic acids is 2. The molecule has 1 saturated heterocycles. The Balaban J connectivity index is 1.19. The number of piperazine rings is 1. The smallest absolute Gasteiger partial charge is 0.317 e. The van der Waals surface area contributed by atoms with Crippen LogP contribution >= 0.6 is 0 Å². The Morgan fingerprint density at radius 1 is 1.04 bits per heavy atom. The lowest BCUT2D eigenvalue weighted by molar-refractivity contribution is 0.0634. The van der Waals surface area contributed by atoms with Crippen LogP contribution in [0.4, 0.5) is 4.79 Å². The summed E-state index contributed by atoms with van der Waals surface area (Å²) in [7, 11) is 0. The van der Waals surface area contributed by atoms with Crippen molar-refractivity contribution in [2.75, 3.05) is 32.7 Å². The van der Waals surface area contributed by atoms with Gasteiger partial charge in [-0.3, -0.25) is 9.20 Å². The molecule has 1 fully saturated rings. The first kappa shape index (κ1) is 18.0. The number of fused-ring (bicyclic) bond motifs is 1. The Hall–Kier alpha value is -3.36. The van der Waals surface area contributed by atoms with Crippen LogP contribution in [-0.4, -0.2) is 69.1 Å². The van der Waals surface area contributed by atoms with E-state index in [1.807, 2.05) is 28.8 Å². The van der Waals surface area contributed by atoms with Gasteiger partial charge in [0.2, 0.25) is 0 Å². The molecular formula is C19H22N6O3. The molecule has 3 aromatic heterocycles. The molecule has 0 atom stereocenters. The second kappa shape index (κ2) is 8.12. The van der Waals surface area contributed by atoms with Crippen molar-refractivity contribution < 1.29 is 14.0 Å². The standard InChI is InChI=1S/C19H22N6O3/c26-18(15-5-4-14-28-15)23-10-12-24(13-11-23)19(27)20-8-3-7-17-22-21-16-6-1-2-9-25(16)17/h1-2,4-6,9,14H,3,7-8,10-13H2,(H,20,27). The first-order valence-electron chi connectivity index (χ1n) is 9.36. The Labute approximate surface area is 161 Å². The van der Waals surface area contributed by atoms with Crippen molar-refractivity contribution >= 4 is 17.6 Å². The highest BCUT2D eigenvalue weighted by Gasteiger charge is 2.25. The van der Waals surface area contributed by atoms with E-state index in [2.05, 4.69) is 15.5 Å². The summed E-state index contributed by atoms with van der Waals surface area (Å²) in [5.41, 5.74) is 0.823. The fourth-order valence-electron chi connectivity index (χ4n) is 3.28. The molecule has 0 saturated carbocycles. The number of carbonyl (C=O) groups is 2. The molecule has 0 radical (unpaired) electrons. The molecule has 3 amide bonds. The third-order valence-electron chi connectivity index (χ3n) is 4.82. The molecule has 0 aromatic carbocycles. The van der Waals surface area contributed by atoms with E-state index in [-0.39, 0.29) is 11.9 Å². The average Bonchev–Trinajstić information content (AvgIpc) is 3.41. The van der Waals surface area contributed by atoms with Crippen molar-refractivity contribution in [1.82, 2.24) is 29.7 Å². The summed E-state index contributed by atoms with van der Waals surface area (Å²) in [6, 6.07) is 9.03. The maximum Gasteiger partial charge on any atom is 0.317 e. The van der Waals surface area contributed by atoms with Gasteiger partial charge >= 0.3 is 6.03 Å². The average molecular weight is 382 g/mol. The Morgan fingerprint density at radius 3 is 2.64 bits per heavy atom. The number of furan rings is 1. The zero-order valence-electron chi connectivity index (χ0n) is 15.5. The van der Waals surface area contributed by atoms with Crippen LogP contribution in [0.1, 0.15) is 22.8 Å². The SMILES string of the molecule is O=C(NCCCc1nnc2ccccn12)N1CCN(C(=O)c2ccco2)CC1. The van der Waals surface area contributed by atoms with Gasteiger partial charge in [0.25, 0.3) is 5.91 Å². The fraction of sp³-hybridized carbons (Fsp3) is 0.368. The minimum Gasteiger partial charge on any atom is -0.459 e. The number of amides is 3. The third kappa shape index (κ3) is 3.83. The predicted octanol–water partition coefficient (Wildman–Crippen LogP) is 1.42. The Morgan fingerprint density at radius 2 is 1.86 bits per heavy atom. The molecule has 28 heavy (non-hydrogen) atoms. The van der Waals surface area contributed by atoms with Crippen molar-refractivity contribution in [3.05, 3.63) is 54.4 Å². The number of aromatic nitrogens is 3. The van der Waals surface area contributed by atoms with E-state index in [0.717, 1.165) is 24.3 Å². The molecule has 9 nitrogen and oxygen atoms in total. The van der Waals surface area contributed by atoms with Gasteiger partial charge in [0.1, 0.15) is 5.82 Å². The van der Waals surface area contributed by atoms with Crippen molar-refractivity contribution in [3.8, 4) is 0 Å². The summed E-state index contributed by atoms with van der Waals surface area (Å²) in [5, 5.41) is 11.3. The van der Waals surface area contributed by atoms with E-state index in [0.29, 0.717) is 38.5 Å². The van der Waals surface area contributed by atoms with Gasteiger partial charge in [-0.2, -0.15) is 0 Å². The summed E-state index contributed by atoms with van der Waals surface area (Å²) < 4.78 is 7.11. The molecule has 4 heterocycles. The highest BCUT2D eigenvalue weighted by Crippen LogP contribution is 2.10. The number of rotatable bonds is 5. The van der Waals surface area contributed by atoms with Gasteiger partial charge in [0, 0.05) is 45.3 Å². The first-order valence-corrected chi connectivity index (χ1v) is 9.36. The molecule has 0 bridgehead atoms. The van der Waals surface area contributed by atoms with Crippen molar-refractivity contribution in [2.24, 2.45) is 0 Å². The van der Waals surface area contributed by atoms with Gasteiger partial charge in [-0.15, -0.1) is 10.2 Å². The summed E-state index contributed by atoms with van der Waals surface area (Å²) in [5.74, 6) is 1.08. The Bertz CT molecular complexity index is 944. The zero-order chi connectivity index (χ0) is 19.3. The normalized spacial score (nSPS) is 14.4. The van der Waals surface area contributed by atoms with Crippen LogP contribution in [0.5, 0.6) is 0 Å². The summed E-state index contributed by atoms with van der Waals surface area (Å²) in [6.07, 6.45) is 4.93. The fourth-order valence-corrected chi connectivity index (χ4v) is 3.28. The summed E-state index contributed by atoms with van der Waals surface area (Å²) >= 11 is 0. The largest absolute Gasteiger partial charge is 0.459 e. The summed E-state index contributed by atoms with van der Waals surface area (Å²) in [6.45, 7) is 2.57. The molecule has 0 unspecified atom stereocenters. The highest BCUT2D eigenvalue weighted by molar-refractivity contribution is 5.91. The van der Waals surface area contributed by atoms with Crippen molar-refractivity contribution in [2.45, 2.75) is 12.8 Å². The van der Waals surface area contributed by atoms with E-state index < -0.39 is 0 Å². The van der Waals surface area contributed by atoms with Crippen LogP contribution in [-0.2, 0) is 6.42 Å². The first-order chi connectivity index (χ1) is 13.7. The quantitative estimate of drug-likeness (QED) is 0.674. The number of nitrogens with one attached hydrogen (secondary N) is 1. The molecule has 1 N–H and O–H groups in total. The molecular weight excluding hydrogens is 360 g/mol. The Kier molecular flexibility index (Phi) is 5.22. The molecule has 0 spiro atoms. The van der Waals surface area contributed by atoms with E-state index in [1.54, 1.807) is 21.9 Å². The number of aryl methyl sites for hydroxylation is 1. The van der Waals surface area contributed by atoms with Gasteiger partial charge in [0.05, 0.1) is 6.26 Å². The molecule has 1 aliphatic heterocycles. The molecule has 146 valence electrons. The van der Waals surface area contributed by atoms with Gasteiger partial charge in [-0.05, 0) is 30.7 Å². The van der Waals surface area contributed by atoms with E-state index in [1.165, 1.54) is 6.26 Å². The van der Waals surface area contributed by atoms with Crippen molar-refractivity contribution in [3.63, 3.8) is 0 Å². The minimum atomic E-state index is -0.134. The lowest BCUT2D eigenvalue weighted by Crippen LogP contribution is -2.53. The topological polar surface area (TPSA) is 96.0 Å². The van der Waals surface area contributed by atoms with Crippen LogP contribution in [0.25, 0.3) is 5.65 Å². The van der Waals surface area contributed by atoms with Crippen LogP contribution in [0.2, 0.25) is 0 Å². The number of urea groups is 1. The molecule has 4 rings (SSSR count). The maximum atomic E-state index is 12.3. The second-order valence-electron chi connectivity index (χ2n) is 6.64. The molecule has 9 heteroatoms. The molecule has 3 aromatic rings. The van der Waals surface area contributed by atoms with E-state index >= 15 is 0 Å². The van der Waals surface area contributed by atoms with Crippen molar-refractivity contribution in [1.29, 1.82) is 0 Å². The number of pyridine rings is 1. The third-order valence-corrected chi connectivity index (χ3v) is 4.82.